The predicted octanol–water partition coefficient (Wildman–Crippen LogP) is 0.131. The summed E-state index contributed by atoms with van der Waals surface area (Å²) in [6, 6.07) is 10.5. The number of aliphatic hydroxyl groups is 2. The van der Waals surface area contributed by atoms with E-state index in [0.29, 0.717) is 11.1 Å². The average molecular weight is 430 g/mol. The largest absolute Gasteiger partial charge is 0.369 e. The molecule has 2 atom stereocenters. The normalized spacial score (nSPS) is 14.3. The number of carbonyl (C=O) groups is 2. The van der Waals surface area contributed by atoms with Crippen molar-refractivity contribution >= 4 is 31.8 Å². The van der Waals surface area contributed by atoms with Crippen LogP contribution in [0.2, 0.25) is 0 Å². The summed E-state index contributed by atoms with van der Waals surface area (Å²) >= 11 is 0. The van der Waals surface area contributed by atoms with Gasteiger partial charge in [-0.2, -0.15) is 16.8 Å². The number of rotatable bonds is 7. The maximum absolute atomic E-state index is 11.8. The number of hydrogen-bond acceptors (Lipinski definition) is 8. The quantitative estimate of drug-likeness (QED) is 0.348. The Labute approximate surface area is 159 Å². The third kappa shape index (κ3) is 4.86. The van der Waals surface area contributed by atoms with Crippen LogP contribution in [-0.2, 0) is 20.2 Å². The van der Waals surface area contributed by atoms with E-state index >= 15 is 0 Å². The molecule has 150 valence electrons. The van der Waals surface area contributed by atoms with Crippen molar-refractivity contribution < 1.29 is 45.7 Å². The Balaban J connectivity index is 2.23. The molecule has 2 aromatic rings. The third-order valence-electron chi connectivity index (χ3n) is 3.69. The fourth-order valence-electron chi connectivity index (χ4n) is 2.21. The van der Waals surface area contributed by atoms with Gasteiger partial charge in [0.25, 0.3) is 20.2 Å². The Morgan fingerprint density at radius 3 is 1.07 bits per heavy atom. The van der Waals surface area contributed by atoms with Crippen LogP contribution in [0, 0.1) is 0 Å². The lowest BCUT2D eigenvalue weighted by Gasteiger charge is -2.09. The summed E-state index contributed by atoms with van der Waals surface area (Å²) in [6.07, 6.45) is 0. The Hall–Kier alpha value is -2.48. The molecule has 12 heteroatoms. The van der Waals surface area contributed by atoms with Gasteiger partial charge < -0.3 is 10.2 Å². The molecule has 2 rings (SSSR count). The minimum Gasteiger partial charge on any atom is -0.369 e. The maximum atomic E-state index is 11.8. The maximum Gasteiger partial charge on any atom is 0.299 e. The van der Waals surface area contributed by atoms with E-state index in [-0.39, 0.29) is 11.1 Å². The second kappa shape index (κ2) is 7.87. The highest BCUT2D eigenvalue weighted by molar-refractivity contribution is 7.87. The first-order valence-electron chi connectivity index (χ1n) is 7.40. The summed E-state index contributed by atoms with van der Waals surface area (Å²) in [6.45, 7) is 0. The van der Waals surface area contributed by atoms with Gasteiger partial charge in [0.05, 0.1) is 0 Å². The van der Waals surface area contributed by atoms with Gasteiger partial charge in [-0.1, -0.05) is 48.5 Å². The van der Waals surface area contributed by atoms with Crippen LogP contribution in [-0.4, -0.2) is 58.6 Å². The Morgan fingerprint density at radius 2 is 0.857 bits per heavy atom. The van der Waals surface area contributed by atoms with Crippen LogP contribution < -0.4 is 0 Å². The van der Waals surface area contributed by atoms with Gasteiger partial charge in [-0.15, -0.1) is 0 Å². The summed E-state index contributed by atoms with van der Waals surface area (Å²) in [5, 5.41) is 18.6. The van der Waals surface area contributed by atoms with E-state index in [0.717, 1.165) is 0 Å². The molecule has 0 aliphatic rings. The van der Waals surface area contributed by atoms with Crippen molar-refractivity contribution in [1.29, 1.82) is 0 Å². The van der Waals surface area contributed by atoms with Crippen molar-refractivity contribution in [2.45, 2.75) is 10.9 Å². The first kappa shape index (κ1) is 21.8. The van der Waals surface area contributed by atoms with Crippen molar-refractivity contribution in [2.75, 3.05) is 0 Å². The lowest BCUT2D eigenvalue weighted by Crippen LogP contribution is -2.29. The van der Waals surface area contributed by atoms with Crippen LogP contribution in [0.15, 0.2) is 48.5 Å². The fourth-order valence-corrected chi connectivity index (χ4v) is 3.02. The molecule has 0 fully saturated rings. The van der Waals surface area contributed by atoms with E-state index in [1.165, 1.54) is 48.5 Å². The molecule has 0 spiro atoms. The molecular weight excluding hydrogens is 416 g/mol. The van der Waals surface area contributed by atoms with E-state index in [2.05, 4.69) is 0 Å². The summed E-state index contributed by atoms with van der Waals surface area (Å²) < 4.78 is 60.7. The Kier molecular flexibility index (Phi) is 6.13. The predicted molar refractivity (Wildman–Crippen MR) is 95.6 cm³/mol. The molecule has 0 aliphatic carbocycles. The van der Waals surface area contributed by atoms with Crippen LogP contribution in [0.4, 0.5) is 0 Å². The highest BCUT2D eigenvalue weighted by Crippen LogP contribution is 2.22. The number of Topliss-reactive ketones (excluding diaryl/α,β-unsaturated/α-hetero) is 2. The topological polar surface area (TPSA) is 183 Å². The summed E-state index contributed by atoms with van der Waals surface area (Å²) in [5.41, 5.74) is -4.50. The van der Waals surface area contributed by atoms with Crippen LogP contribution in [0.1, 0.15) is 20.7 Å². The van der Waals surface area contributed by atoms with Gasteiger partial charge in [-0.25, -0.2) is 0 Å². The molecule has 0 bridgehead atoms. The van der Waals surface area contributed by atoms with Gasteiger partial charge in [0.15, 0.2) is 0 Å². The molecule has 0 amide bonds. The minimum atomic E-state index is -4.95. The molecule has 0 saturated carbocycles. The van der Waals surface area contributed by atoms with Crippen LogP contribution in [0.5, 0.6) is 0 Å². The standard InChI is InChI=1S/C16H14O10S2/c17-13(15(19)27(21,22)23)11-5-1-9(2-6-11)10-3-7-12(8-4-10)14(18)16(20)28(24,25)26/h1-8,15-16,19-20H,(H,21,22,23)(H,24,25,26). The third-order valence-corrected chi connectivity index (χ3v) is 5.24. The Morgan fingerprint density at radius 1 is 0.607 bits per heavy atom. The molecule has 0 heterocycles. The zero-order valence-corrected chi connectivity index (χ0v) is 15.5. The molecule has 0 aliphatic heterocycles. The average Bonchev–Trinajstić information content (AvgIpc) is 2.64. The minimum absolute atomic E-state index is 0.169. The number of carbonyl (C=O) groups excluding carboxylic acids is 2. The van der Waals surface area contributed by atoms with Gasteiger partial charge in [0.1, 0.15) is 0 Å². The highest BCUT2D eigenvalue weighted by atomic mass is 32.2. The zero-order valence-electron chi connectivity index (χ0n) is 13.8. The first-order valence-corrected chi connectivity index (χ1v) is 10.4. The van der Waals surface area contributed by atoms with E-state index in [4.69, 9.17) is 9.11 Å². The van der Waals surface area contributed by atoms with Gasteiger partial charge >= 0.3 is 0 Å². The molecule has 28 heavy (non-hydrogen) atoms. The molecule has 0 aromatic heterocycles. The molecule has 2 aromatic carbocycles. The lowest BCUT2D eigenvalue weighted by molar-refractivity contribution is 0.0842. The van der Waals surface area contributed by atoms with Crippen molar-refractivity contribution in [3.8, 4) is 11.1 Å². The smallest absolute Gasteiger partial charge is 0.299 e. The summed E-state index contributed by atoms with van der Waals surface area (Å²) in [7, 11) is -9.90. The van der Waals surface area contributed by atoms with E-state index < -0.39 is 42.7 Å². The van der Waals surface area contributed by atoms with Gasteiger partial charge in [0.2, 0.25) is 22.4 Å². The zero-order chi connectivity index (χ0) is 21.3. The number of ketones is 2. The van der Waals surface area contributed by atoms with Gasteiger partial charge in [0, 0.05) is 11.1 Å². The SMILES string of the molecule is O=C(c1ccc(-c2ccc(C(=O)C(O)S(=O)(=O)O)cc2)cc1)C(O)S(=O)(=O)O. The van der Waals surface area contributed by atoms with E-state index in [1.807, 2.05) is 0 Å². The number of aliphatic hydroxyl groups excluding tert-OH is 2. The second-order valence-electron chi connectivity index (χ2n) is 5.62. The van der Waals surface area contributed by atoms with E-state index in [9.17, 15) is 36.6 Å². The Bertz CT molecular complexity index is 1010. The van der Waals surface area contributed by atoms with Crippen molar-refractivity contribution in [3.05, 3.63) is 59.7 Å². The van der Waals surface area contributed by atoms with Crippen LogP contribution in [0.3, 0.4) is 0 Å². The van der Waals surface area contributed by atoms with E-state index in [1.54, 1.807) is 0 Å². The molecule has 0 radical (unpaired) electrons. The molecule has 4 N–H and O–H groups in total. The number of benzene rings is 2. The molecule has 0 saturated heterocycles. The fraction of sp³-hybridized carbons (Fsp3) is 0.125. The van der Waals surface area contributed by atoms with Crippen molar-refractivity contribution in [2.24, 2.45) is 0 Å². The van der Waals surface area contributed by atoms with Gasteiger partial charge in [-0.3, -0.25) is 18.7 Å². The molecular formula is C16H14O10S2. The van der Waals surface area contributed by atoms with Crippen LogP contribution >= 0.6 is 0 Å². The van der Waals surface area contributed by atoms with Crippen molar-refractivity contribution in [3.63, 3.8) is 0 Å². The lowest BCUT2D eigenvalue weighted by atomic mass is 10.0. The second-order valence-corrected chi connectivity index (χ2v) is 8.57. The number of hydrogen-bond donors (Lipinski definition) is 4. The monoisotopic (exact) mass is 430 g/mol. The molecule has 2 unspecified atom stereocenters. The summed E-state index contributed by atoms with van der Waals surface area (Å²) in [4.78, 5) is 23.6. The molecule has 10 nitrogen and oxygen atoms in total. The first-order chi connectivity index (χ1) is 12.8. The summed E-state index contributed by atoms with van der Waals surface area (Å²) in [5.74, 6) is -2.43. The highest BCUT2D eigenvalue weighted by Gasteiger charge is 2.30. The van der Waals surface area contributed by atoms with Crippen LogP contribution in [0.25, 0.3) is 11.1 Å². The van der Waals surface area contributed by atoms with Gasteiger partial charge in [-0.05, 0) is 11.1 Å². The van der Waals surface area contributed by atoms with Crippen molar-refractivity contribution in [1.82, 2.24) is 0 Å².